The molecule has 0 radical (unpaired) electrons. The van der Waals surface area contributed by atoms with Gasteiger partial charge in [0.2, 0.25) is 0 Å². The summed E-state index contributed by atoms with van der Waals surface area (Å²) in [5.41, 5.74) is 0. The van der Waals surface area contributed by atoms with Gasteiger partial charge in [-0.15, -0.1) is 0 Å². The van der Waals surface area contributed by atoms with Crippen LogP contribution in [0, 0.1) is 5.92 Å². The number of hydrogen-bond acceptors (Lipinski definition) is 4. The molecule has 0 N–H and O–H groups in total. The SMILES string of the molecule is CCCC(=O)O[C@H]1CCC[C@@H]2CC(=O)O[C@@H]21. The summed E-state index contributed by atoms with van der Waals surface area (Å²) in [6.45, 7) is 1.94. The highest BCUT2D eigenvalue weighted by Crippen LogP contribution is 2.36. The fraction of sp³-hybridized carbons (Fsp3) is 0.833. The molecule has 0 aromatic heterocycles. The van der Waals surface area contributed by atoms with Crippen LogP contribution >= 0.6 is 0 Å². The molecule has 90 valence electrons. The minimum absolute atomic E-state index is 0.145. The summed E-state index contributed by atoms with van der Waals surface area (Å²) in [6.07, 6.45) is 4.20. The molecule has 1 aliphatic heterocycles. The van der Waals surface area contributed by atoms with Crippen molar-refractivity contribution in [2.24, 2.45) is 5.92 Å². The summed E-state index contributed by atoms with van der Waals surface area (Å²) in [4.78, 5) is 22.6. The molecule has 16 heavy (non-hydrogen) atoms. The Labute approximate surface area is 95.3 Å². The Hall–Kier alpha value is -1.06. The summed E-state index contributed by atoms with van der Waals surface area (Å²) < 4.78 is 10.6. The average molecular weight is 226 g/mol. The molecule has 0 bridgehead atoms. The molecular weight excluding hydrogens is 208 g/mol. The number of ether oxygens (including phenoxy) is 2. The number of fused-ring (bicyclic) bond motifs is 1. The highest BCUT2D eigenvalue weighted by Gasteiger charge is 2.44. The fourth-order valence-corrected chi connectivity index (χ4v) is 2.58. The van der Waals surface area contributed by atoms with Crippen LogP contribution in [0.15, 0.2) is 0 Å². The van der Waals surface area contributed by atoms with Crippen LogP contribution in [0.4, 0.5) is 0 Å². The summed E-state index contributed by atoms with van der Waals surface area (Å²) in [5.74, 6) is -0.0507. The van der Waals surface area contributed by atoms with Gasteiger partial charge in [-0.25, -0.2) is 0 Å². The van der Waals surface area contributed by atoms with E-state index in [1.165, 1.54) is 0 Å². The van der Waals surface area contributed by atoms with Gasteiger partial charge in [0.25, 0.3) is 0 Å². The van der Waals surface area contributed by atoms with Crippen LogP contribution in [0.1, 0.15) is 45.4 Å². The van der Waals surface area contributed by atoms with Crippen LogP contribution in [-0.2, 0) is 19.1 Å². The lowest BCUT2D eigenvalue weighted by Gasteiger charge is -2.31. The molecule has 0 amide bonds. The van der Waals surface area contributed by atoms with Crippen molar-refractivity contribution in [3.05, 3.63) is 0 Å². The van der Waals surface area contributed by atoms with Crippen LogP contribution in [0.25, 0.3) is 0 Å². The second kappa shape index (κ2) is 4.85. The van der Waals surface area contributed by atoms with Gasteiger partial charge in [-0.2, -0.15) is 0 Å². The van der Waals surface area contributed by atoms with E-state index in [1.54, 1.807) is 0 Å². The molecule has 3 atom stereocenters. The van der Waals surface area contributed by atoms with Crippen molar-refractivity contribution in [2.75, 3.05) is 0 Å². The van der Waals surface area contributed by atoms with Crippen molar-refractivity contribution in [1.29, 1.82) is 0 Å². The smallest absolute Gasteiger partial charge is 0.306 e. The van der Waals surface area contributed by atoms with Crippen LogP contribution in [0.5, 0.6) is 0 Å². The lowest BCUT2D eigenvalue weighted by atomic mass is 9.84. The van der Waals surface area contributed by atoms with Gasteiger partial charge in [-0.1, -0.05) is 6.92 Å². The molecule has 1 heterocycles. The Morgan fingerprint density at radius 3 is 3.06 bits per heavy atom. The second-order valence-electron chi connectivity index (χ2n) is 4.63. The third-order valence-corrected chi connectivity index (χ3v) is 3.33. The van der Waals surface area contributed by atoms with E-state index >= 15 is 0 Å². The van der Waals surface area contributed by atoms with Gasteiger partial charge in [-0.3, -0.25) is 9.59 Å². The molecule has 2 fully saturated rings. The third kappa shape index (κ3) is 2.36. The van der Waals surface area contributed by atoms with Crippen molar-refractivity contribution < 1.29 is 19.1 Å². The molecule has 4 heteroatoms. The molecule has 1 saturated heterocycles. The van der Waals surface area contributed by atoms with E-state index in [4.69, 9.17) is 9.47 Å². The minimum Gasteiger partial charge on any atom is -0.458 e. The molecule has 1 aliphatic carbocycles. The first kappa shape index (κ1) is 11.4. The first-order valence-corrected chi connectivity index (χ1v) is 6.09. The van der Waals surface area contributed by atoms with Crippen molar-refractivity contribution in [2.45, 2.75) is 57.7 Å². The van der Waals surface area contributed by atoms with E-state index in [0.29, 0.717) is 12.8 Å². The monoisotopic (exact) mass is 226 g/mol. The van der Waals surface area contributed by atoms with Crippen molar-refractivity contribution >= 4 is 11.9 Å². The Bertz CT molecular complexity index is 287. The Balaban J connectivity index is 1.93. The second-order valence-corrected chi connectivity index (χ2v) is 4.63. The largest absolute Gasteiger partial charge is 0.458 e. The normalized spacial score (nSPS) is 33.1. The topological polar surface area (TPSA) is 52.6 Å². The van der Waals surface area contributed by atoms with Gasteiger partial charge in [0, 0.05) is 12.3 Å². The number of carbonyl (C=O) groups is 2. The number of hydrogen-bond donors (Lipinski definition) is 0. The molecule has 0 aromatic carbocycles. The molecular formula is C12H18O4. The molecule has 1 saturated carbocycles. The lowest BCUT2D eigenvalue weighted by Crippen LogP contribution is -2.38. The van der Waals surface area contributed by atoms with Gasteiger partial charge in [0.1, 0.15) is 12.2 Å². The maximum atomic E-state index is 11.4. The minimum atomic E-state index is -0.204. The Morgan fingerprint density at radius 2 is 2.31 bits per heavy atom. The van der Waals surface area contributed by atoms with E-state index < -0.39 is 0 Å². The fourth-order valence-electron chi connectivity index (χ4n) is 2.58. The highest BCUT2D eigenvalue weighted by atomic mass is 16.6. The number of rotatable bonds is 3. The van der Waals surface area contributed by atoms with Crippen LogP contribution in [0.2, 0.25) is 0 Å². The van der Waals surface area contributed by atoms with Crippen LogP contribution < -0.4 is 0 Å². The lowest BCUT2D eigenvalue weighted by molar-refractivity contribution is -0.165. The first-order valence-electron chi connectivity index (χ1n) is 6.09. The number of carbonyl (C=O) groups excluding carboxylic acids is 2. The van der Waals surface area contributed by atoms with E-state index in [2.05, 4.69) is 0 Å². The quantitative estimate of drug-likeness (QED) is 0.689. The summed E-state index contributed by atoms with van der Waals surface area (Å²) in [5, 5.41) is 0. The van der Waals surface area contributed by atoms with Gasteiger partial charge >= 0.3 is 11.9 Å². The standard InChI is InChI=1S/C12H18O4/c1-2-4-10(13)15-9-6-3-5-8-7-11(14)16-12(8)9/h8-9,12H,2-7H2,1H3/t8-,9+,12+/m1/s1. The van der Waals surface area contributed by atoms with Crippen molar-refractivity contribution in [3.8, 4) is 0 Å². The van der Waals surface area contributed by atoms with Gasteiger partial charge in [-0.05, 0) is 25.7 Å². The van der Waals surface area contributed by atoms with Crippen molar-refractivity contribution in [3.63, 3.8) is 0 Å². The van der Waals surface area contributed by atoms with Gasteiger partial charge in [0.15, 0.2) is 0 Å². The highest BCUT2D eigenvalue weighted by molar-refractivity contribution is 5.73. The Kier molecular flexibility index (Phi) is 3.46. The molecule has 0 unspecified atom stereocenters. The van der Waals surface area contributed by atoms with Gasteiger partial charge < -0.3 is 9.47 Å². The predicted molar refractivity (Wildman–Crippen MR) is 56.6 cm³/mol. The predicted octanol–water partition coefficient (Wildman–Crippen LogP) is 1.81. The van der Waals surface area contributed by atoms with E-state index in [-0.39, 0.29) is 30.1 Å². The molecule has 0 spiro atoms. The third-order valence-electron chi connectivity index (χ3n) is 3.33. The summed E-state index contributed by atoms with van der Waals surface area (Å²) in [7, 11) is 0. The summed E-state index contributed by atoms with van der Waals surface area (Å²) in [6, 6.07) is 0. The maximum absolute atomic E-state index is 11.4. The van der Waals surface area contributed by atoms with E-state index in [0.717, 1.165) is 25.7 Å². The average Bonchev–Trinajstić information content (AvgIpc) is 2.60. The Morgan fingerprint density at radius 1 is 1.50 bits per heavy atom. The number of esters is 2. The van der Waals surface area contributed by atoms with Crippen LogP contribution in [-0.4, -0.2) is 24.1 Å². The van der Waals surface area contributed by atoms with Crippen LogP contribution in [0.3, 0.4) is 0 Å². The van der Waals surface area contributed by atoms with Gasteiger partial charge in [0.05, 0.1) is 6.42 Å². The molecule has 0 aromatic rings. The van der Waals surface area contributed by atoms with Crippen molar-refractivity contribution in [1.82, 2.24) is 0 Å². The summed E-state index contributed by atoms with van der Waals surface area (Å²) >= 11 is 0. The molecule has 2 rings (SSSR count). The molecule has 2 aliphatic rings. The van der Waals surface area contributed by atoms with E-state index in [1.807, 2.05) is 6.92 Å². The molecule has 4 nitrogen and oxygen atoms in total. The maximum Gasteiger partial charge on any atom is 0.306 e. The zero-order valence-corrected chi connectivity index (χ0v) is 9.61. The van der Waals surface area contributed by atoms with E-state index in [9.17, 15) is 9.59 Å². The zero-order chi connectivity index (χ0) is 11.5. The first-order chi connectivity index (χ1) is 7.70. The zero-order valence-electron chi connectivity index (χ0n) is 9.61.